The maximum absolute atomic E-state index is 13.1. The Morgan fingerprint density at radius 3 is 2.58 bits per heavy atom. The predicted octanol–water partition coefficient (Wildman–Crippen LogP) is 3.76. The van der Waals surface area contributed by atoms with Gasteiger partial charge >= 0.3 is 6.36 Å². The molecule has 5 rings (SSSR count). The minimum absolute atomic E-state index is 0.0772. The van der Waals surface area contributed by atoms with E-state index in [1.165, 1.54) is 17.0 Å². The molecular weight excluding hydrogens is 411 g/mol. The number of ether oxygens (including phenoxy) is 1. The highest BCUT2D eigenvalue weighted by Crippen LogP contribution is 2.34. The van der Waals surface area contributed by atoms with E-state index in [1.54, 1.807) is 30.3 Å². The minimum Gasteiger partial charge on any atom is -0.406 e. The smallest absolute Gasteiger partial charge is 0.406 e. The summed E-state index contributed by atoms with van der Waals surface area (Å²) in [6, 6.07) is 12.4. The number of nitrogens with one attached hydrogen (secondary N) is 1. The Morgan fingerprint density at radius 1 is 1.06 bits per heavy atom. The molecule has 1 aromatic heterocycles. The fourth-order valence-corrected chi connectivity index (χ4v) is 4.43. The number of aromatic nitrogens is 1. The zero-order chi connectivity index (χ0) is 21.8. The average molecular weight is 429 g/mol. The molecule has 9 heteroatoms. The highest BCUT2D eigenvalue weighted by Gasteiger charge is 2.43. The molecule has 6 nitrogen and oxygen atoms in total. The van der Waals surface area contributed by atoms with Crippen molar-refractivity contribution >= 4 is 28.4 Å². The fourth-order valence-electron chi connectivity index (χ4n) is 4.43. The Labute approximate surface area is 175 Å². The molecule has 2 aliphatic heterocycles. The number of fused-ring (bicyclic) bond motifs is 3. The second-order valence-electron chi connectivity index (χ2n) is 7.68. The van der Waals surface area contributed by atoms with Gasteiger partial charge in [-0.15, -0.1) is 13.2 Å². The van der Waals surface area contributed by atoms with Gasteiger partial charge in [0.1, 0.15) is 5.75 Å². The number of benzene rings is 2. The molecule has 0 spiro atoms. The average Bonchev–Trinajstić information content (AvgIpc) is 3.23. The number of H-pyrrole nitrogens is 1. The summed E-state index contributed by atoms with van der Waals surface area (Å²) in [4.78, 5) is 32.0. The summed E-state index contributed by atoms with van der Waals surface area (Å²) >= 11 is 0. The summed E-state index contributed by atoms with van der Waals surface area (Å²) in [6.07, 6.45) is -4.09. The summed E-state index contributed by atoms with van der Waals surface area (Å²) < 4.78 is 41.9. The van der Waals surface area contributed by atoms with Gasteiger partial charge in [0.25, 0.3) is 5.91 Å². The van der Waals surface area contributed by atoms with Crippen LogP contribution in [0.2, 0.25) is 0 Å². The van der Waals surface area contributed by atoms with Crippen LogP contribution >= 0.6 is 0 Å². The van der Waals surface area contributed by atoms with Gasteiger partial charge in [-0.05, 0) is 35.9 Å². The number of hydrogen-bond donors (Lipinski definition) is 1. The summed E-state index contributed by atoms with van der Waals surface area (Å²) in [5, 5.41) is 0.623. The third-order valence-electron chi connectivity index (χ3n) is 5.79. The number of aromatic amines is 1. The van der Waals surface area contributed by atoms with Crippen LogP contribution in [0.15, 0.2) is 48.5 Å². The van der Waals surface area contributed by atoms with Crippen LogP contribution in [0, 0.1) is 0 Å². The first kappa shape index (κ1) is 19.6. The third-order valence-corrected chi connectivity index (χ3v) is 5.79. The highest BCUT2D eigenvalue weighted by molar-refractivity contribution is 6.22. The largest absolute Gasteiger partial charge is 0.573 e. The first-order valence-corrected chi connectivity index (χ1v) is 9.85. The number of alkyl halides is 3. The number of amides is 2. The number of rotatable bonds is 3. The topological polar surface area (TPSA) is 65.6 Å². The molecule has 0 unspecified atom stereocenters. The van der Waals surface area contributed by atoms with Crippen molar-refractivity contribution in [1.82, 2.24) is 9.88 Å². The minimum atomic E-state index is -4.77. The Kier molecular flexibility index (Phi) is 4.51. The molecule has 1 atom stereocenters. The molecule has 31 heavy (non-hydrogen) atoms. The van der Waals surface area contributed by atoms with E-state index in [9.17, 15) is 22.8 Å². The van der Waals surface area contributed by atoms with E-state index in [1.807, 2.05) is 11.0 Å². The van der Waals surface area contributed by atoms with Crippen LogP contribution in [0.5, 0.6) is 5.75 Å². The lowest BCUT2D eigenvalue weighted by atomic mass is 10.0. The quantitative estimate of drug-likeness (QED) is 0.644. The van der Waals surface area contributed by atoms with E-state index in [2.05, 4.69) is 9.72 Å². The molecule has 1 saturated heterocycles. The summed E-state index contributed by atoms with van der Waals surface area (Å²) in [5.74, 6) is -0.825. The van der Waals surface area contributed by atoms with E-state index >= 15 is 0 Å². The number of anilines is 1. The van der Waals surface area contributed by atoms with Gasteiger partial charge < -0.3 is 9.72 Å². The number of imide groups is 1. The Hall–Kier alpha value is -3.33. The van der Waals surface area contributed by atoms with Crippen molar-refractivity contribution in [1.29, 1.82) is 0 Å². The first-order chi connectivity index (χ1) is 14.8. The van der Waals surface area contributed by atoms with Gasteiger partial charge in [-0.25, -0.2) is 4.90 Å². The molecule has 0 radical (unpaired) electrons. The standard InChI is InChI=1S/C22H18F3N3O3/c23-22(24,25)31-14-6-7-17-15(10-14)16-12-27(9-8-18(16)26-17)19-11-20(29)28(21(19)30)13-4-2-1-3-5-13/h1-7,10,19,26H,8-9,11-12H2/t19-/m1/s1. The summed E-state index contributed by atoms with van der Waals surface area (Å²) in [5.41, 5.74) is 3.00. The van der Waals surface area contributed by atoms with Gasteiger partial charge in [0.15, 0.2) is 0 Å². The van der Waals surface area contributed by atoms with Crippen LogP contribution in [0.1, 0.15) is 17.7 Å². The Bertz CT molecular complexity index is 1170. The third kappa shape index (κ3) is 3.54. The maximum atomic E-state index is 13.1. The van der Waals surface area contributed by atoms with Crippen molar-refractivity contribution in [2.24, 2.45) is 0 Å². The monoisotopic (exact) mass is 429 g/mol. The van der Waals surface area contributed by atoms with Crippen LogP contribution in [-0.2, 0) is 22.6 Å². The van der Waals surface area contributed by atoms with Crippen molar-refractivity contribution in [3.05, 3.63) is 59.8 Å². The van der Waals surface area contributed by atoms with E-state index in [0.717, 1.165) is 11.3 Å². The number of nitrogens with zero attached hydrogens (tertiary/aromatic N) is 2. The normalized spacial score (nSPS) is 19.8. The van der Waals surface area contributed by atoms with Crippen molar-refractivity contribution in [2.45, 2.75) is 31.8 Å². The van der Waals surface area contributed by atoms with E-state index in [4.69, 9.17) is 0 Å². The number of carbonyl (C=O) groups is 2. The molecule has 2 aromatic carbocycles. The number of hydrogen-bond acceptors (Lipinski definition) is 4. The lowest BCUT2D eigenvalue weighted by molar-refractivity contribution is -0.274. The number of halogens is 3. The lowest BCUT2D eigenvalue weighted by Gasteiger charge is -2.31. The Balaban J connectivity index is 1.42. The van der Waals surface area contributed by atoms with Crippen LogP contribution in [0.4, 0.5) is 18.9 Å². The van der Waals surface area contributed by atoms with Gasteiger partial charge in [-0.1, -0.05) is 18.2 Å². The summed E-state index contributed by atoms with van der Waals surface area (Å²) in [6.45, 7) is 0.926. The molecule has 0 saturated carbocycles. The van der Waals surface area contributed by atoms with E-state index in [-0.39, 0.29) is 24.0 Å². The van der Waals surface area contributed by atoms with Gasteiger partial charge in [0, 0.05) is 36.1 Å². The highest BCUT2D eigenvalue weighted by atomic mass is 19.4. The van der Waals surface area contributed by atoms with Gasteiger partial charge in [-0.2, -0.15) is 0 Å². The zero-order valence-corrected chi connectivity index (χ0v) is 16.3. The molecule has 3 aromatic rings. The molecule has 1 fully saturated rings. The maximum Gasteiger partial charge on any atom is 0.573 e. The van der Waals surface area contributed by atoms with Crippen LogP contribution in [0.25, 0.3) is 10.9 Å². The van der Waals surface area contributed by atoms with Crippen LogP contribution in [0.3, 0.4) is 0 Å². The van der Waals surface area contributed by atoms with Gasteiger partial charge in [0.05, 0.1) is 18.2 Å². The number of carbonyl (C=O) groups excluding carboxylic acids is 2. The first-order valence-electron chi connectivity index (χ1n) is 9.85. The van der Waals surface area contributed by atoms with Crippen LogP contribution < -0.4 is 9.64 Å². The molecule has 2 aliphatic rings. The summed E-state index contributed by atoms with van der Waals surface area (Å²) in [7, 11) is 0. The predicted molar refractivity (Wildman–Crippen MR) is 106 cm³/mol. The molecule has 2 amide bonds. The molecule has 0 bridgehead atoms. The van der Waals surface area contributed by atoms with Gasteiger partial charge in [0.2, 0.25) is 5.91 Å². The molecule has 1 N–H and O–H groups in total. The number of para-hydroxylation sites is 1. The molecule has 0 aliphatic carbocycles. The van der Waals surface area contributed by atoms with E-state index < -0.39 is 12.4 Å². The van der Waals surface area contributed by atoms with Crippen molar-refractivity contribution in [3.8, 4) is 5.75 Å². The zero-order valence-electron chi connectivity index (χ0n) is 16.3. The molecular formula is C22H18F3N3O3. The van der Waals surface area contributed by atoms with Crippen LogP contribution in [-0.4, -0.2) is 40.6 Å². The van der Waals surface area contributed by atoms with Crippen molar-refractivity contribution in [3.63, 3.8) is 0 Å². The van der Waals surface area contributed by atoms with Crippen molar-refractivity contribution in [2.75, 3.05) is 11.4 Å². The second-order valence-corrected chi connectivity index (χ2v) is 7.68. The molecule has 160 valence electrons. The lowest BCUT2D eigenvalue weighted by Crippen LogP contribution is -2.44. The molecule has 3 heterocycles. The van der Waals surface area contributed by atoms with Crippen molar-refractivity contribution < 1.29 is 27.5 Å². The fraction of sp³-hybridized carbons (Fsp3) is 0.273. The Morgan fingerprint density at radius 2 is 1.84 bits per heavy atom. The second kappa shape index (κ2) is 7.12. The van der Waals surface area contributed by atoms with E-state index in [0.29, 0.717) is 36.1 Å². The SMILES string of the molecule is O=C1C[C@@H](N2CCc3[nH]c4ccc(OC(F)(F)F)cc4c3C2)C(=O)N1c1ccccc1. The van der Waals surface area contributed by atoms with Gasteiger partial charge in [-0.3, -0.25) is 14.5 Å².